The Kier molecular flexibility index (Phi) is 2.62. The van der Waals surface area contributed by atoms with E-state index in [4.69, 9.17) is 0 Å². The third-order valence-electron chi connectivity index (χ3n) is 1.44. The number of alkyl halides is 2. The fourth-order valence-corrected chi connectivity index (χ4v) is 1.26. The summed E-state index contributed by atoms with van der Waals surface area (Å²) in [7, 11) is 0. The highest BCUT2D eigenvalue weighted by Crippen LogP contribution is 2.35. The monoisotopic (exact) mass is 237 g/mol. The molecule has 0 aliphatic rings. The lowest BCUT2D eigenvalue weighted by Gasteiger charge is -2.06. The van der Waals surface area contributed by atoms with Crippen LogP contribution < -0.4 is 0 Å². The van der Waals surface area contributed by atoms with Gasteiger partial charge in [-0.15, -0.1) is 0 Å². The first-order valence-corrected chi connectivity index (χ1v) is 3.95. The van der Waals surface area contributed by atoms with E-state index in [0.717, 1.165) is 0 Å². The fourth-order valence-electron chi connectivity index (χ4n) is 0.800. The fraction of sp³-hybridized carbons (Fsp3) is 0.286. The smallest absolute Gasteiger partial charge is 0.268 e. The number of aryl methyl sites for hydroxylation is 1. The Labute approximate surface area is 76.4 Å². The Balaban J connectivity index is 3.33. The van der Waals surface area contributed by atoms with Crippen LogP contribution >= 0.6 is 15.9 Å². The van der Waals surface area contributed by atoms with Gasteiger partial charge in [0, 0.05) is 10.7 Å². The molecule has 0 unspecified atom stereocenters. The van der Waals surface area contributed by atoms with Gasteiger partial charge in [0.1, 0.15) is 5.75 Å². The molecule has 0 atom stereocenters. The number of rotatable bonds is 1. The molecule has 0 aromatic carbocycles. The molecule has 66 valence electrons. The van der Waals surface area contributed by atoms with Crippen molar-refractivity contribution in [2.45, 2.75) is 13.3 Å². The molecule has 1 aromatic heterocycles. The van der Waals surface area contributed by atoms with Gasteiger partial charge < -0.3 is 5.11 Å². The SMILES string of the molecule is Cc1ncc(Br)c(C(F)F)c1O. The lowest BCUT2D eigenvalue weighted by Crippen LogP contribution is -1.92. The molecule has 0 amide bonds. The van der Waals surface area contributed by atoms with Crippen LogP contribution in [0, 0.1) is 6.92 Å². The Morgan fingerprint density at radius 3 is 2.58 bits per heavy atom. The van der Waals surface area contributed by atoms with Crippen LogP contribution in [0.1, 0.15) is 17.7 Å². The van der Waals surface area contributed by atoms with Crippen molar-refractivity contribution in [1.82, 2.24) is 4.98 Å². The first-order chi connectivity index (χ1) is 5.54. The highest BCUT2D eigenvalue weighted by atomic mass is 79.9. The van der Waals surface area contributed by atoms with E-state index in [1.165, 1.54) is 13.1 Å². The second-order valence-electron chi connectivity index (χ2n) is 2.25. The van der Waals surface area contributed by atoms with Crippen LogP contribution in [0.15, 0.2) is 10.7 Å². The Hall–Kier alpha value is -0.710. The molecule has 1 heterocycles. The number of aromatic nitrogens is 1. The van der Waals surface area contributed by atoms with Gasteiger partial charge in [0.05, 0.1) is 11.3 Å². The summed E-state index contributed by atoms with van der Waals surface area (Å²) in [6.07, 6.45) is -1.45. The van der Waals surface area contributed by atoms with Crippen LogP contribution in [0.4, 0.5) is 8.78 Å². The van der Waals surface area contributed by atoms with Gasteiger partial charge in [-0.05, 0) is 22.9 Å². The Morgan fingerprint density at radius 1 is 1.58 bits per heavy atom. The first kappa shape index (κ1) is 9.38. The number of aromatic hydroxyl groups is 1. The molecule has 2 nitrogen and oxygen atoms in total. The van der Waals surface area contributed by atoms with Gasteiger partial charge in [-0.1, -0.05) is 0 Å². The molecule has 0 spiro atoms. The van der Waals surface area contributed by atoms with Crippen molar-refractivity contribution in [1.29, 1.82) is 0 Å². The van der Waals surface area contributed by atoms with E-state index in [1.54, 1.807) is 0 Å². The van der Waals surface area contributed by atoms with E-state index in [2.05, 4.69) is 20.9 Å². The van der Waals surface area contributed by atoms with Crippen molar-refractivity contribution < 1.29 is 13.9 Å². The van der Waals surface area contributed by atoms with Gasteiger partial charge in [-0.3, -0.25) is 4.98 Å². The maximum atomic E-state index is 12.3. The van der Waals surface area contributed by atoms with E-state index < -0.39 is 17.7 Å². The molecule has 0 radical (unpaired) electrons. The number of pyridine rings is 1. The van der Waals surface area contributed by atoms with Crippen LogP contribution in [0.2, 0.25) is 0 Å². The lowest BCUT2D eigenvalue weighted by atomic mass is 10.2. The molecule has 0 saturated carbocycles. The van der Waals surface area contributed by atoms with E-state index in [-0.39, 0.29) is 10.2 Å². The molecular formula is C7H6BrF2NO. The summed E-state index contributed by atoms with van der Waals surface area (Å²) < 4.78 is 24.6. The molecule has 0 saturated heterocycles. The molecule has 0 aliphatic carbocycles. The van der Waals surface area contributed by atoms with Crippen LogP contribution in [-0.2, 0) is 0 Å². The molecule has 1 N–H and O–H groups in total. The minimum absolute atomic E-state index is 0.126. The van der Waals surface area contributed by atoms with Gasteiger partial charge >= 0.3 is 0 Å². The maximum Gasteiger partial charge on any atom is 0.268 e. The molecular weight excluding hydrogens is 232 g/mol. The predicted octanol–water partition coefficient (Wildman–Crippen LogP) is 2.80. The van der Waals surface area contributed by atoms with Crippen molar-refractivity contribution in [3.8, 4) is 5.75 Å². The molecule has 1 aromatic rings. The third kappa shape index (κ3) is 1.55. The average molecular weight is 238 g/mol. The van der Waals surface area contributed by atoms with E-state index in [1.807, 2.05) is 0 Å². The van der Waals surface area contributed by atoms with Gasteiger partial charge in [0.2, 0.25) is 0 Å². The topological polar surface area (TPSA) is 33.1 Å². The molecule has 12 heavy (non-hydrogen) atoms. The highest BCUT2D eigenvalue weighted by molar-refractivity contribution is 9.10. The second kappa shape index (κ2) is 3.35. The highest BCUT2D eigenvalue weighted by Gasteiger charge is 2.18. The van der Waals surface area contributed by atoms with Crippen molar-refractivity contribution in [2.24, 2.45) is 0 Å². The summed E-state index contributed by atoms with van der Waals surface area (Å²) in [6, 6.07) is 0. The van der Waals surface area contributed by atoms with Crippen LogP contribution in [-0.4, -0.2) is 10.1 Å². The van der Waals surface area contributed by atoms with Crippen molar-refractivity contribution in [2.75, 3.05) is 0 Å². The minimum atomic E-state index is -2.69. The second-order valence-corrected chi connectivity index (χ2v) is 3.11. The average Bonchev–Trinajstić information content (AvgIpc) is 1.97. The van der Waals surface area contributed by atoms with Crippen LogP contribution in [0.25, 0.3) is 0 Å². The summed E-state index contributed by atoms with van der Waals surface area (Å²) >= 11 is 2.88. The molecule has 5 heteroatoms. The molecule has 0 aliphatic heterocycles. The van der Waals surface area contributed by atoms with Gasteiger partial charge in [-0.2, -0.15) is 0 Å². The summed E-state index contributed by atoms with van der Waals surface area (Å²) in [6.45, 7) is 1.47. The number of hydrogen-bond donors (Lipinski definition) is 1. The quantitative estimate of drug-likeness (QED) is 0.815. The summed E-state index contributed by atoms with van der Waals surface area (Å²) in [5.74, 6) is -0.445. The maximum absolute atomic E-state index is 12.3. The third-order valence-corrected chi connectivity index (χ3v) is 2.08. The summed E-state index contributed by atoms with van der Waals surface area (Å²) in [5, 5.41) is 9.18. The summed E-state index contributed by atoms with van der Waals surface area (Å²) in [5.41, 5.74) is -0.198. The van der Waals surface area contributed by atoms with Gasteiger partial charge in [0.15, 0.2) is 0 Å². The van der Waals surface area contributed by atoms with Gasteiger partial charge in [0.25, 0.3) is 6.43 Å². The zero-order valence-electron chi connectivity index (χ0n) is 6.18. The zero-order valence-corrected chi connectivity index (χ0v) is 7.77. The van der Waals surface area contributed by atoms with Crippen molar-refractivity contribution in [3.63, 3.8) is 0 Å². The number of nitrogens with zero attached hydrogens (tertiary/aromatic N) is 1. The summed E-state index contributed by atoms with van der Waals surface area (Å²) in [4.78, 5) is 3.69. The number of hydrogen-bond acceptors (Lipinski definition) is 2. The van der Waals surface area contributed by atoms with Crippen LogP contribution in [0.3, 0.4) is 0 Å². The largest absolute Gasteiger partial charge is 0.505 e. The standard InChI is InChI=1S/C7H6BrF2NO/c1-3-6(12)5(7(9)10)4(8)2-11-3/h2,7,12H,1H3. The van der Waals surface area contributed by atoms with Crippen molar-refractivity contribution >= 4 is 15.9 Å². The predicted molar refractivity (Wildman–Crippen MR) is 43.3 cm³/mol. The Morgan fingerprint density at radius 2 is 2.17 bits per heavy atom. The van der Waals surface area contributed by atoms with Crippen molar-refractivity contribution in [3.05, 3.63) is 21.9 Å². The lowest BCUT2D eigenvalue weighted by molar-refractivity contribution is 0.146. The van der Waals surface area contributed by atoms with E-state index in [9.17, 15) is 13.9 Å². The van der Waals surface area contributed by atoms with E-state index in [0.29, 0.717) is 0 Å². The van der Waals surface area contributed by atoms with Gasteiger partial charge in [-0.25, -0.2) is 8.78 Å². The molecule has 0 bridgehead atoms. The first-order valence-electron chi connectivity index (χ1n) is 3.16. The normalized spacial score (nSPS) is 10.8. The minimum Gasteiger partial charge on any atom is -0.505 e. The molecule has 1 rings (SSSR count). The molecule has 0 fully saturated rings. The van der Waals surface area contributed by atoms with Crippen LogP contribution in [0.5, 0.6) is 5.75 Å². The zero-order chi connectivity index (χ0) is 9.30. The number of halogens is 3. The Bertz CT molecular complexity index is 304. The van der Waals surface area contributed by atoms with E-state index >= 15 is 0 Å².